The first-order valence-electron chi connectivity index (χ1n) is 6.38. The lowest BCUT2D eigenvalue weighted by Gasteiger charge is -2.07. The van der Waals surface area contributed by atoms with Gasteiger partial charge >= 0.3 is 0 Å². The first kappa shape index (κ1) is 12.5. The van der Waals surface area contributed by atoms with Gasteiger partial charge in [0.05, 0.1) is 12.5 Å². The van der Waals surface area contributed by atoms with E-state index < -0.39 is 0 Å². The van der Waals surface area contributed by atoms with E-state index in [0.29, 0.717) is 11.6 Å². The molecule has 5 heteroatoms. The molecule has 18 heavy (non-hydrogen) atoms. The highest BCUT2D eigenvalue weighted by molar-refractivity contribution is 5.51. The van der Waals surface area contributed by atoms with Crippen molar-refractivity contribution < 1.29 is 0 Å². The van der Waals surface area contributed by atoms with Crippen LogP contribution in [0.3, 0.4) is 0 Å². The molecule has 0 aromatic carbocycles. The summed E-state index contributed by atoms with van der Waals surface area (Å²) in [6, 6.07) is 1.84. The molecule has 0 aliphatic carbocycles. The molecule has 0 spiro atoms. The Balaban J connectivity index is 2.39. The van der Waals surface area contributed by atoms with E-state index in [0.717, 1.165) is 37.2 Å². The zero-order chi connectivity index (χ0) is 13.0. The van der Waals surface area contributed by atoms with Gasteiger partial charge in [0, 0.05) is 18.3 Å². The Kier molecular flexibility index (Phi) is 3.92. The number of nitrogen functional groups attached to an aromatic ring is 1. The third-order valence-electron chi connectivity index (χ3n) is 2.71. The van der Waals surface area contributed by atoms with Crippen LogP contribution in [0.1, 0.15) is 32.4 Å². The predicted molar refractivity (Wildman–Crippen MR) is 72.0 cm³/mol. The van der Waals surface area contributed by atoms with Gasteiger partial charge in [-0.1, -0.05) is 20.3 Å². The average molecular weight is 245 g/mol. The third-order valence-corrected chi connectivity index (χ3v) is 2.71. The predicted octanol–water partition coefficient (Wildman–Crippen LogP) is 2.28. The van der Waals surface area contributed by atoms with Crippen molar-refractivity contribution in [2.75, 3.05) is 5.73 Å². The Bertz CT molecular complexity index is 518. The Morgan fingerprint density at radius 3 is 2.78 bits per heavy atom. The van der Waals surface area contributed by atoms with E-state index >= 15 is 0 Å². The van der Waals surface area contributed by atoms with Crippen molar-refractivity contribution in [3.8, 4) is 11.5 Å². The summed E-state index contributed by atoms with van der Waals surface area (Å²) in [4.78, 5) is 13.0. The molecule has 2 rings (SSSR count). The zero-order valence-corrected chi connectivity index (χ0v) is 10.9. The van der Waals surface area contributed by atoms with Gasteiger partial charge in [-0.25, -0.2) is 15.0 Å². The van der Waals surface area contributed by atoms with Crippen molar-refractivity contribution in [3.05, 3.63) is 24.3 Å². The lowest BCUT2D eigenvalue weighted by Crippen LogP contribution is -2.04. The van der Waals surface area contributed by atoms with Crippen LogP contribution in [0.4, 0.5) is 5.82 Å². The van der Waals surface area contributed by atoms with Crippen LogP contribution in [0.2, 0.25) is 0 Å². The summed E-state index contributed by atoms with van der Waals surface area (Å²) in [5, 5.41) is 0. The highest BCUT2D eigenvalue weighted by Gasteiger charge is 2.09. The number of nitrogens with two attached hydrogens (primary N) is 1. The van der Waals surface area contributed by atoms with Gasteiger partial charge in [0.25, 0.3) is 0 Å². The largest absolute Gasteiger partial charge is 0.384 e. The fourth-order valence-corrected chi connectivity index (χ4v) is 1.94. The number of hydrogen-bond donors (Lipinski definition) is 1. The Morgan fingerprint density at radius 1 is 1.22 bits per heavy atom. The van der Waals surface area contributed by atoms with Gasteiger partial charge in [-0.3, -0.25) is 0 Å². The van der Waals surface area contributed by atoms with Gasteiger partial charge < -0.3 is 10.3 Å². The van der Waals surface area contributed by atoms with Crippen molar-refractivity contribution in [3.63, 3.8) is 0 Å². The molecular weight excluding hydrogens is 226 g/mol. The van der Waals surface area contributed by atoms with Gasteiger partial charge in [-0.15, -0.1) is 0 Å². The number of hydrogen-bond acceptors (Lipinski definition) is 4. The number of aryl methyl sites for hydroxylation is 2. The molecule has 0 radical (unpaired) electrons. The molecule has 0 aliphatic rings. The summed E-state index contributed by atoms with van der Waals surface area (Å²) in [6.45, 7) is 5.17. The summed E-state index contributed by atoms with van der Waals surface area (Å²) in [6.07, 6.45) is 6.62. The number of nitrogens with zero attached hydrogens (tertiary/aromatic N) is 4. The van der Waals surface area contributed by atoms with Crippen molar-refractivity contribution >= 4 is 5.82 Å². The Morgan fingerprint density at radius 2 is 2.06 bits per heavy atom. The summed E-state index contributed by atoms with van der Waals surface area (Å²) >= 11 is 0. The van der Waals surface area contributed by atoms with Crippen molar-refractivity contribution in [1.82, 2.24) is 19.5 Å². The maximum absolute atomic E-state index is 5.84. The number of rotatable bonds is 5. The minimum Gasteiger partial charge on any atom is -0.384 e. The highest BCUT2D eigenvalue weighted by Crippen LogP contribution is 2.17. The normalized spacial score (nSPS) is 10.8. The fraction of sp³-hybridized carbons (Fsp3) is 0.462. The van der Waals surface area contributed by atoms with Gasteiger partial charge in [0.15, 0.2) is 5.82 Å². The topological polar surface area (TPSA) is 69.6 Å². The second kappa shape index (κ2) is 5.62. The van der Waals surface area contributed by atoms with E-state index in [1.807, 2.05) is 12.4 Å². The monoisotopic (exact) mass is 245 g/mol. The van der Waals surface area contributed by atoms with Crippen molar-refractivity contribution in [1.29, 1.82) is 0 Å². The third kappa shape index (κ3) is 2.67. The van der Waals surface area contributed by atoms with E-state index in [1.54, 1.807) is 6.20 Å². The standard InChI is InChI=1S/C13H19N5/c1-3-5-10-7-12(14)17-13(16-10)11-8-15-9-18(11)6-4-2/h7-9H,3-6H2,1-2H3,(H2,14,16,17). The number of aromatic nitrogens is 4. The zero-order valence-electron chi connectivity index (χ0n) is 10.9. The number of imidazole rings is 1. The molecule has 2 aromatic rings. The molecule has 0 atom stereocenters. The summed E-state index contributed by atoms with van der Waals surface area (Å²) in [7, 11) is 0. The molecule has 0 saturated heterocycles. The molecule has 2 heterocycles. The second-order valence-corrected chi connectivity index (χ2v) is 4.33. The molecule has 0 saturated carbocycles. The van der Waals surface area contributed by atoms with Crippen LogP contribution in [0.25, 0.3) is 11.5 Å². The maximum atomic E-state index is 5.84. The fourth-order valence-electron chi connectivity index (χ4n) is 1.94. The van der Waals surface area contributed by atoms with E-state index in [2.05, 4.69) is 33.4 Å². The molecule has 2 N–H and O–H groups in total. The molecule has 96 valence electrons. The molecular formula is C13H19N5. The first-order valence-corrected chi connectivity index (χ1v) is 6.38. The van der Waals surface area contributed by atoms with E-state index in [9.17, 15) is 0 Å². The molecule has 0 amide bonds. The average Bonchev–Trinajstić information content (AvgIpc) is 2.77. The molecule has 2 aromatic heterocycles. The lowest BCUT2D eigenvalue weighted by atomic mass is 10.2. The summed E-state index contributed by atoms with van der Waals surface area (Å²) in [5.74, 6) is 1.19. The lowest BCUT2D eigenvalue weighted by molar-refractivity contribution is 0.681. The van der Waals surface area contributed by atoms with Gasteiger partial charge in [0.2, 0.25) is 0 Å². The van der Waals surface area contributed by atoms with Crippen LogP contribution < -0.4 is 5.73 Å². The van der Waals surface area contributed by atoms with E-state index in [4.69, 9.17) is 5.73 Å². The van der Waals surface area contributed by atoms with Crippen LogP contribution in [0.5, 0.6) is 0 Å². The van der Waals surface area contributed by atoms with Crippen LogP contribution in [-0.2, 0) is 13.0 Å². The van der Waals surface area contributed by atoms with Crippen LogP contribution in [0, 0.1) is 0 Å². The highest BCUT2D eigenvalue weighted by atomic mass is 15.1. The Labute approximate surface area is 107 Å². The van der Waals surface area contributed by atoms with Crippen LogP contribution in [0.15, 0.2) is 18.6 Å². The quantitative estimate of drug-likeness (QED) is 0.877. The van der Waals surface area contributed by atoms with Crippen LogP contribution in [-0.4, -0.2) is 19.5 Å². The molecule has 0 bridgehead atoms. The van der Waals surface area contributed by atoms with E-state index in [-0.39, 0.29) is 0 Å². The summed E-state index contributed by atoms with van der Waals surface area (Å²) < 4.78 is 2.06. The molecule has 0 fully saturated rings. The number of anilines is 1. The second-order valence-electron chi connectivity index (χ2n) is 4.33. The minimum absolute atomic E-state index is 0.521. The first-order chi connectivity index (χ1) is 8.74. The van der Waals surface area contributed by atoms with Gasteiger partial charge in [-0.2, -0.15) is 0 Å². The van der Waals surface area contributed by atoms with Gasteiger partial charge in [-0.05, 0) is 12.8 Å². The van der Waals surface area contributed by atoms with Crippen LogP contribution >= 0.6 is 0 Å². The maximum Gasteiger partial charge on any atom is 0.180 e. The molecule has 5 nitrogen and oxygen atoms in total. The van der Waals surface area contributed by atoms with E-state index in [1.165, 1.54) is 0 Å². The molecule has 0 aliphatic heterocycles. The SMILES string of the molecule is CCCc1cc(N)nc(-c2cncn2CCC)n1. The van der Waals surface area contributed by atoms with Crippen molar-refractivity contribution in [2.45, 2.75) is 39.7 Å². The Hall–Kier alpha value is -1.91. The minimum atomic E-state index is 0.521. The van der Waals surface area contributed by atoms with Crippen molar-refractivity contribution in [2.24, 2.45) is 0 Å². The van der Waals surface area contributed by atoms with Gasteiger partial charge in [0.1, 0.15) is 11.5 Å². The summed E-state index contributed by atoms with van der Waals surface area (Å²) in [5.41, 5.74) is 7.76. The molecule has 0 unspecified atom stereocenters. The smallest absolute Gasteiger partial charge is 0.180 e.